The Bertz CT molecular complexity index is 440. The summed E-state index contributed by atoms with van der Waals surface area (Å²) >= 11 is 2.24. The first-order chi connectivity index (χ1) is 9.04. The van der Waals surface area contributed by atoms with Gasteiger partial charge in [-0.1, -0.05) is 26.0 Å². The molecule has 1 saturated heterocycles. The van der Waals surface area contributed by atoms with Gasteiger partial charge in [0, 0.05) is 16.7 Å². The van der Waals surface area contributed by atoms with Gasteiger partial charge in [-0.3, -0.25) is 9.69 Å². The summed E-state index contributed by atoms with van der Waals surface area (Å²) in [4.78, 5) is 14.4. The minimum absolute atomic E-state index is 0.0883. The molecule has 1 fully saturated rings. The van der Waals surface area contributed by atoms with Gasteiger partial charge in [0.15, 0.2) is 0 Å². The molecule has 0 aromatic heterocycles. The van der Waals surface area contributed by atoms with Crippen molar-refractivity contribution in [2.75, 3.05) is 25.0 Å². The van der Waals surface area contributed by atoms with Gasteiger partial charge in [-0.05, 0) is 53.0 Å². The zero-order valence-electron chi connectivity index (χ0n) is 11.5. The van der Waals surface area contributed by atoms with Crippen LogP contribution in [0.25, 0.3) is 0 Å². The highest BCUT2D eigenvalue weighted by Crippen LogP contribution is 2.21. The molecule has 1 aliphatic heterocycles. The van der Waals surface area contributed by atoms with Crippen LogP contribution >= 0.6 is 22.6 Å². The lowest BCUT2D eigenvalue weighted by Crippen LogP contribution is -2.42. The fourth-order valence-electron chi connectivity index (χ4n) is 2.88. The Labute approximate surface area is 128 Å². The predicted molar refractivity (Wildman–Crippen MR) is 87.2 cm³/mol. The lowest BCUT2D eigenvalue weighted by Gasteiger charge is -2.34. The number of carbonyl (C=O) groups excluding carboxylic acids is 1. The van der Waals surface area contributed by atoms with Gasteiger partial charge in [-0.2, -0.15) is 0 Å². The van der Waals surface area contributed by atoms with Crippen molar-refractivity contribution in [3.63, 3.8) is 0 Å². The molecule has 0 spiro atoms. The predicted octanol–water partition coefficient (Wildman–Crippen LogP) is 3.21. The fourth-order valence-corrected chi connectivity index (χ4v) is 3.40. The third-order valence-corrected chi connectivity index (χ3v) is 4.40. The van der Waals surface area contributed by atoms with Crippen molar-refractivity contribution >= 4 is 34.2 Å². The van der Waals surface area contributed by atoms with E-state index in [1.165, 1.54) is 6.42 Å². The van der Waals surface area contributed by atoms with Gasteiger partial charge in [-0.15, -0.1) is 0 Å². The van der Waals surface area contributed by atoms with Gasteiger partial charge in [0.1, 0.15) is 0 Å². The van der Waals surface area contributed by atoms with E-state index in [1.54, 1.807) is 0 Å². The van der Waals surface area contributed by atoms with Crippen molar-refractivity contribution in [2.45, 2.75) is 20.3 Å². The number of hydrogen-bond donors (Lipinski definition) is 1. The fraction of sp³-hybridized carbons (Fsp3) is 0.533. The largest absolute Gasteiger partial charge is 0.324 e. The van der Waals surface area contributed by atoms with Crippen LogP contribution in [0.15, 0.2) is 24.3 Å². The maximum Gasteiger partial charge on any atom is 0.238 e. The summed E-state index contributed by atoms with van der Waals surface area (Å²) in [6.07, 6.45) is 1.27. The first-order valence-corrected chi connectivity index (χ1v) is 7.89. The third-order valence-electron chi connectivity index (χ3n) is 3.46. The first-order valence-electron chi connectivity index (χ1n) is 6.81. The van der Waals surface area contributed by atoms with Crippen LogP contribution in [0.3, 0.4) is 0 Å². The molecule has 0 bridgehead atoms. The Hall–Kier alpha value is -0.620. The van der Waals surface area contributed by atoms with E-state index in [-0.39, 0.29) is 5.91 Å². The van der Waals surface area contributed by atoms with Crippen LogP contribution in [-0.4, -0.2) is 30.4 Å². The molecule has 0 saturated carbocycles. The minimum Gasteiger partial charge on any atom is -0.324 e. The number of nitrogens with one attached hydrogen (secondary N) is 1. The van der Waals surface area contributed by atoms with Crippen LogP contribution in [0.4, 0.5) is 5.69 Å². The van der Waals surface area contributed by atoms with Gasteiger partial charge in [0.2, 0.25) is 5.91 Å². The highest BCUT2D eigenvalue weighted by molar-refractivity contribution is 14.1. The van der Waals surface area contributed by atoms with E-state index in [0.29, 0.717) is 18.4 Å². The SMILES string of the molecule is C[C@@H]1C[C@@H](C)CN(CC(=O)Nc2ccccc2I)C1. The van der Waals surface area contributed by atoms with Crippen molar-refractivity contribution in [3.05, 3.63) is 27.8 Å². The van der Waals surface area contributed by atoms with Crippen molar-refractivity contribution < 1.29 is 4.79 Å². The van der Waals surface area contributed by atoms with Crippen LogP contribution in [0.1, 0.15) is 20.3 Å². The van der Waals surface area contributed by atoms with Gasteiger partial charge in [0.25, 0.3) is 0 Å². The maximum absolute atomic E-state index is 12.1. The Balaban J connectivity index is 1.89. The smallest absolute Gasteiger partial charge is 0.238 e. The van der Waals surface area contributed by atoms with Crippen molar-refractivity contribution in [2.24, 2.45) is 11.8 Å². The molecule has 19 heavy (non-hydrogen) atoms. The van der Waals surface area contributed by atoms with Crippen molar-refractivity contribution in [1.82, 2.24) is 4.90 Å². The van der Waals surface area contributed by atoms with Gasteiger partial charge < -0.3 is 5.32 Å². The number of nitrogens with zero attached hydrogens (tertiary/aromatic N) is 1. The molecule has 0 radical (unpaired) electrons. The second kappa shape index (κ2) is 6.70. The Morgan fingerprint density at radius 2 is 1.95 bits per heavy atom. The second-order valence-corrected chi connectivity index (χ2v) is 6.83. The van der Waals surface area contributed by atoms with Gasteiger partial charge in [0.05, 0.1) is 12.2 Å². The van der Waals surface area contributed by atoms with Crippen molar-refractivity contribution in [3.8, 4) is 0 Å². The summed E-state index contributed by atoms with van der Waals surface area (Å²) in [6, 6.07) is 7.87. The number of anilines is 1. The molecular weight excluding hydrogens is 351 g/mol. The van der Waals surface area contributed by atoms with Crippen LogP contribution in [0.2, 0.25) is 0 Å². The number of para-hydroxylation sites is 1. The van der Waals surface area contributed by atoms with Gasteiger partial charge >= 0.3 is 0 Å². The Morgan fingerprint density at radius 1 is 1.32 bits per heavy atom. The average Bonchev–Trinajstić information content (AvgIpc) is 2.30. The lowest BCUT2D eigenvalue weighted by atomic mass is 9.92. The summed E-state index contributed by atoms with van der Waals surface area (Å²) in [5.74, 6) is 1.47. The molecule has 0 unspecified atom stereocenters. The normalized spacial score (nSPS) is 24.2. The number of amides is 1. The van der Waals surface area contributed by atoms with E-state index in [1.807, 2.05) is 24.3 Å². The van der Waals surface area contributed by atoms with Crippen LogP contribution in [-0.2, 0) is 4.79 Å². The van der Waals surface area contributed by atoms with E-state index in [0.717, 1.165) is 22.3 Å². The zero-order valence-corrected chi connectivity index (χ0v) is 13.7. The van der Waals surface area contributed by atoms with Crippen LogP contribution < -0.4 is 5.32 Å². The molecule has 1 heterocycles. The molecule has 4 heteroatoms. The second-order valence-electron chi connectivity index (χ2n) is 5.67. The van der Waals surface area contributed by atoms with Crippen LogP contribution in [0.5, 0.6) is 0 Å². The van der Waals surface area contributed by atoms with E-state index < -0.39 is 0 Å². The topological polar surface area (TPSA) is 32.3 Å². The molecule has 0 aliphatic carbocycles. The van der Waals surface area contributed by atoms with E-state index in [2.05, 4.69) is 46.7 Å². The molecular formula is C15H21IN2O. The molecule has 2 rings (SSSR count). The summed E-state index contributed by atoms with van der Waals surface area (Å²) in [7, 11) is 0. The zero-order chi connectivity index (χ0) is 13.8. The number of hydrogen-bond acceptors (Lipinski definition) is 2. The first kappa shape index (κ1) is 14.8. The Morgan fingerprint density at radius 3 is 2.58 bits per heavy atom. The standard InChI is InChI=1S/C15H21IN2O/c1-11-7-12(2)9-18(8-11)10-15(19)17-14-6-4-3-5-13(14)16/h3-6,11-12H,7-10H2,1-2H3,(H,17,19)/t11-,12-/m1/s1. The van der Waals surface area contributed by atoms with Gasteiger partial charge in [-0.25, -0.2) is 0 Å². The quantitative estimate of drug-likeness (QED) is 0.827. The Kier molecular flexibility index (Phi) is 5.21. The molecule has 2 atom stereocenters. The van der Waals surface area contributed by atoms with Crippen LogP contribution in [0, 0.1) is 15.4 Å². The monoisotopic (exact) mass is 372 g/mol. The summed E-state index contributed by atoms with van der Waals surface area (Å²) < 4.78 is 1.08. The molecule has 1 N–H and O–H groups in total. The number of halogens is 1. The molecule has 104 valence electrons. The summed E-state index contributed by atoms with van der Waals surface area (Å²) in [5.41, 5.74) is 0.909. The number of carbonyl (C=O) groups is 1. The molecule has 1 amide bonds. The van der Waals surface area contributed by atoms with E-state index in [4.69, 9.17) is 0 Å². The molecule has 1 aliphatic rings. The summed E-state index contributed by atoms with van der Waals surface area (Å²) in [6.45, 7) is 7.09. The molecule has 3 nitrogen and oxygen atoms in total. The minimum atomic E-state index is 0.0883. The third kappa shape index (κ3) is 4.45. The number of piperidine rings is 1. The highest BCUT2D eigenvalue weighted by atomic mass is 127. The molecule has 1 aromatic rings. The highest BCUT2D eigenvalue weighted by Gasteiger charge is 2.23. The summed E-state index contributed by atoms with van der Waals surface area (Å²) in [5, 5.41) is 3.00. The number of likely N-dealkylation sites (tertiary alicyclic amines) is 1. The maximum atomic E-state index is 12.1. The van der Waals surface area contributed by atoms with E-state index >= 15 is 0 Å². The number of rotatable bonds is 3. The molecule has 1 aromatic carbocycles. The number of benzene rings is 1. The lowest BCUT2D eigenvalue weighted by molar-refractivity contribution is -0.117. The van der Waals surface area contributed by atoms with E-state index in [9.17, 15) is 4.79 Å². The average molecular weight is 372 g/mol. The van der Waals surface area contributed by atoms with Crippen molar-refractivity contribution in [1.29, 1.82) is 0 Å².